The summed E-state index contributed by atoms with van der Waals surface area (Å²) in [5.41, 5.74) is 0. The van der Waals surface area contributed by atoms with E-state index >= 15 is 0 Å². The highest BCUT2D eigenvalue weighted by atomic mass is 16.5. The first-order valence-corrected chi connectivity index (χ1v) is 3.39. The Balaban J connectivity index is 3.39. The fourth-order valence-corrected chi connectivity index (χ4v) is 0.580. The van der Waals surface area contributed by atoms with E-state index in [0.29, 0.717) is 12.8 Å². The lowest BCUT2D eigenvalue weighted by Crippen LogP contribution is -2.16. The van der Waals surface area contributed by atoms with Crippen molar-refractivity contribution in [2.75, 3.05) is 0 Å². The molecule has 1 unspecified atom stereocenters. The van der Waals surface area contributed by atoms with Gasteiger partial charge in [0.25, 0.3) is 0 Å². The number of carbonyl (C=O) groups excluding carboxylic acids is 1. The van der Waals surface area contributed by atoms with Crippen LogP contribution in [0.25, 0.3) is 0 Å². The Kier molecular flexibility index (Phi) is 4.23. The quantitative estimate of drug-likeness (QED) is 0.561. The van der Waals surface area contributed by atoms with Crippen molar-refractivity contribution < 1.29 is 15.0 Å². The molecule has 1 atom stereocenters. The van der Waals surface area contributed by atoms with Gasteiger partial charge < -0.3 is 15.0 Å². The number of rotatable bonds is 4. The summed E-state index contributed by atoms with van der Waals surface area (Å²) in [6, 6.07) is 0. The summed E-state index contributed by atoms with van der Waals surface area (Å²) in [6.45, 7) is 3.20. The average Bonchev–Trinajstić information content (AvgIpc) is 1.82. The third-order valence-electron chi connectivity index (χ3n) is 1.46. The number of hydrogen-bond acceptors (Lipinski definition) is 3. The highest BCUT2D eigenvalue weighted by molar-refractivity contribution is 5.75. The first-order valence-electron chi connectivity index (χ1n) is 3.39. The van der Waals surface area contributed by atoms with Crippen molar-refractivity contribution in [3.05, 3.63) is 0 Å². The van der Waals surface area contributed by atoms with Crippen LogP contribution in [-0.4, -0.2) is 22.3 Å². The molecule has 3 heteroatoms. The van der Waals surface area contributed by atoms with Gasteiger partial charge in [0.2, 0.25) is 0 Å². The second-order valence-electron chi connectivity index (χ2n) is 2.63. The fraction of sp³-hybridized carbons (Fsp3) is 0.857. The average molecular weight is 146 g/mol. The van der Waals surface area contributed by atoms with Gasteiger partial charge in [0.15, 0.2) is 6.29 Å². The van der Waals surface area contributed by atoms with Crippen LogP contribution in [-0.2, 0) is 4.79 Å². The third kappa shape index (κ3) is 4.47. The molecule has 0 aliphatic rings. The Morgan fingerprint density at radius 2 is 2.00 bits per heavy atom. The van der Waals surface area contributed by atoms with E-state index in [1.807, 2.05) is 0 Å². The van der Waals surface area contributed by atoms with Crippen LogP contribution in [0.3, 0.4) is 0 Å². The van der Waals surface area contributed by atoms with Crippen molar-refractivity contribution >= 4 is 5.78 Å². The summed E-state index contributed by atoms with van der Waals surface area (Å²) in [7, 11) is 0. The molecular formula is C7H14O3. The molecule has 0 aromatic carbocycles. The zero-order chi connectivity index (χ0) is 8.15. The van der Waals surface area contributed by atoms with Crippen LogP contribution in [0.2, 0.25) is 0 Å². The molecule has 0 saturated carbocycles. The van der Waals surface area contributed by atoms with Crippen molar-refractivity contribution in [2.24, 2.45) is 5.92 Å². The van der Waals surface area contributed by atoms with Gasteiger partial charge in [-0.05, 0) is 13.3 Å². The van der Waals surface area contributed by atoms with E-state index in [2.05, 4.69) is 0 Å². The van der Waals surface area contributed by atoms with E-state index in [0.717, 1.165) is 0 Å². The first kappa shape index (κ1) is 9.59. The molecule has 0 aromatic heterocycles. The molecule has 10 heavy (non-hydrogen) atoms. The molecule has 0 aromatic rings. The second-order valence-corrected chi connectivity index (χ2v) is 2.63. The van der Waals surface area contributed by atoms with E-state index in [1.165, 1.54) is 6.92 Å². The smallest absolute Gasteiger partial charge is 0.154 e. The molecule has 0 aliphatic heterocycles. The van der Waals surface area contributed by atoms with Crippen molar-refractivity contribution in [2.45, 2.75) is 33.0 Å². The number of carbonyl (C=O) groups is 1. The summed E-state index contributed by atoms with van der Waals surface area (Å²) in [5.74, 6) is -0.114. The Labute approximate surface area is 60.7 Å². The molecule has 0 rings (SSSR count). The number of Topliss-reactive ketones (excluding diaryl/α,β-unsaturated/α-hetero) is 1. The predicted molar refractivity (Wildman–Crippen MR) is 37.3 cm³/mol. The van der Waals surface area contributed by atoms with Crippen LogP contribution >= 0.6 is 0 Å². The number of aliphatic hydroxyl groups is 2. The summed E-state index contributed by atoms with van der Waals surface area (Å²) >= 11 is 0. The second kappa shape index (κ2) is 4.41. The molecule has 0 saturated heterocycles. The van der Waals surface area contributed by atoms with E-state index < -0.39 is 6.29 Å². The van der Waals surface area contributed by atoms with E-state index in [4.69, 9.17) is 10.2 Å². The fourth-order valence-electron chi connectivity index (χ4n) is 0.580. The molecule has 0 bridgehead atoms. The van der Waals surface area contributed by atoms with E-state index in [-0.39, 0.29) is 11.7 Å². The zero-order valence-corrected chi connectivity index (χ0v) is 6.37. The van der Waals surface area contributed by atoms with Gasteiger partial charge in [-0.1, -0.05) is 6.92 Å². The molecule has 60 valence electrons. The predicted octanol–water partition coefficient (Wildman–Crippen LogP) is 0.302. The Morgan fingerprint density at radius 3 is 2.30 bits per heavy atom. The van der Waals surface area contributed by atoms with Crippen molar-refractivity contribution in [1.29, 1.82) is 0 Å². The maximum atomic E-state index is 10.4. The van der Waals surface area contributed by atoms with Crippen LogP contribution in [0.5, 0.6) is 0 Å². The standard InChI is InChI=1S/C7H14O3/c1-5(7(9)10)3-4-6(2)8/h5,7,9-10H,3-4H2,1-2H3. The zero-order valence-electron chi connectivity index (χ0n) is 6.37. The highest BCUT2D eigenvalue weighted by Crippen LogP contribution is 2.08. The van der Waals surface area contributed by atoms with E-state index in [1.54, 1.807) is 6.92 Å². The SMILES string of the molecule is CC(=O)CCC(C)C(O)O. The molecule has 2 N–H and O–H groups in total. The Hall–Kier alpha value is -0.410. The number of hydrogen-bond donors (Lipinski definition) is 2. The van der Waals surface area contributed by atoms with Crippen molar-refractivity contribution in [1.82, 2.24) is 0 Å². The van der Waals surface area contributed by atoms with Gasteiger partial charge >= 0.3 is 0 Å². The van der Waals surface area contributed by atoms with Gasteiger partial charge in [-0.25, -0.2) is 0 Å². The maximum Gasteiger partial charge on any atom is 0.154 e. The molecule has 0 amide bonds. The van der Waals surface area contributed by atoms with Crippen molar-refractivity contribution in [3.63, 3.8) is 0 Å². The minimum atomic E-state index is -1.29. The topological polar surface area (TPSA) is 57.5 Å². The molecule has 0 spiro atoms. The van der Waals surface area contributed by atoms with Crippen LogP contribution in [0.4, 0.5) is 0 Å². The lowest BCUT2D eigenvalue weighted by molar-refractivity contribution is -0.118. The van der Waals surface area contributed by atoms with Gasteiger partial charge in [-0.3, -0.25) is 0 Å². The van der Waals surface area contributed by atoms with Gasteiger partial charge in [0.05, 0.1) is 0 Å². The molecular weight excluding hydrogens is 132 g/mol. The number of aliphatic hydroxyl groups excluding tert-OH is 1. The summed E-state index contributed by atoms with van der Waals surface area (Å²) < 4.78 is 0. The largest absolute Gasteiger partial charge is 0.368 e. The van der Waals surface area contributed by atoms with Crippen LogP contribution < -0.4 is 0 Å². The third-order valence-corrected chi connectivity index (χ3v) is 1.46. The molecule has 0 fully saturated rings. The minimum Gasteiger partial charge on any atom is -0.368 e. The Bertz CT molecular complexity index is 109. The van der Waals surface area contributed by atoms with Gasteiger partial charge in [0.1, 0.15) is 5.78 Å². The van der Waals surface area contributed by atoms with Gasteiger partial charge in [0, 0.05) is 12.3 Å². The normalized spacial score (nSPS) is 13.7. The van der Waals surface area contributed by atoms with Crippen LogP contribution in [0.1, 0.15) is 26.7 Å². The summed E-state index contributed by atoms with van der Waals surface area (Å²) in [5, 5.41) is 17.2. The van der Waals surface area contributed by atoms with Gasteiger partial charge in [-0.2, -0.15) is 0 Å². The molecule has 3 nitrogen and oxygen atoms in total. The highest BCUT2D eigenvalue weighted by Gasteiger charge is 2.10. The minimum absolute atomic E-state index is 0.0903. The monoisotopic (exact) mass is 146 g/mol. The lowest BCUT2D eigenvalue weighted by atomic mass is 10.0. The maximum absolute atomic E-state index is 10.4. The van der Waals surface area contributed by atoms with Gasteiger partial charge in [-0.15, -0.1) is 0 Å². The van der Waals surface area contributed by atoms with E-state index in [9.17, 15) is 4.79 Å². The van der Waals surface area contributed by atoms with Crippen molar-refractivity contribution in [3.8, 4) is 0 Å². The molecule has 0 aliphatic carbocycles. The lowest BCUT2D eigenvalue weighted by Gasteiger charge is -2.11. The molecule has 0 heterocycles. The van der Waals surface area contributed by atoms with Crippen LogP contribution in [0, 0.1) is 5.92 Å². The Morgan fingerprint density at radius 1 is 1.50 bits per heavy atom. The van der Waals surface area contributed by atoms with Crippen LogP contribution in [0.15, 0.2) is 0 Å². The number of ketones is 1. The molecule has 0 radical (unpaired) electrons. The first-order chi connectivity index (χ1) is 4.54. The summed E-state index contributed by atoms with van der Waals surface area (Å²) in [6.07, 6.45) is -0.314. The summed E-state index contributed by atoms with van der Waals surface area (Å²) in [4.78, 5) is 10.4.